The molecule has 1 atom stereocenters. The summed E-state index contributed by atoms with van der Waals surface area (Å²) < 4.78 is 13.6. The molecule has 0 spiro atoms. The largest absolute Gasteiger partial charge is 0.368 e. The van der Waals surface area contributed by atoms with Gasteiger partial charge in [0, 0.05) is 12.5 Å². The number of primary amides is 1. The van der Waals surface area contributed by atoms with Crippen LogP contribution in [0.2, 0.25) is 0 Å². The van der Waals surface area contributed by atoms with Gasteiger partial charge >= 0.3 is 5.69 Å². The molecule has 31 heavy (non-hydrogen) atoms. The lowest BCUT2D eigenvalue weighted by Crippen LogP contribution is -2.47. The zero-order valence-corrected chi connectivity index (χ0v) is 16.4. The van der Waals surface area contributed by atoms with Crippen molar-refractivity contribution in [2.45, 2.75) is 18.4 Å². The number of rotatable bonds is 8. The fourth-order valence-electron chi connectivity index (χ4n) is 3.32. The van der Waals surface area contributed by atoms with Crippen molar-refractivity contribution in [2.24, 2.45) is 5.73 Å². The quantitative estimate of drug-likeness (QED) is 0.429. The van der Waals surface area contributed by atoms with Gasteiger partial charge in [0.05, 0.1) is 10.8 Å². The Hall–Kier alpha value is -4.07. The van der Waals surface area contributed by atoms with Crippen molar-refractivity contribution < 1.29 is 18.9 Å². The van der Waals surface area contributed by atoms with Crippen molar-refractivity contribution in [2.75, 3.05) is 0 Å². The highest BCUT2D eigenvalue weighted by Gasteiger charge is 2.27. The molecule has 3 aromatic carbocycles. The van der Waals surface area contributed by atoms with Crippen LogP contribution in [0.1, 0.15) is 22.6 Å². The second kappa shape index (κ2) is 9.62. The minimum atomic E-state index is -1.13. The minimum absolute atomic E-state index is 0.113. The third kappa shape index (κ3) is 5.30. The Morgan fingerprint density at radius 3 is 2.00 bits per heavy atom. The van der Waals surface area contributed by atoms with Crippen LogP contribution in [-0.4, -0.2) is 22.8 Å². The lowest BCUT2D eigenvalue weighted by Gasteiger charge is -2.22. The number of benzene rings is 3. The van der Waals surface area contributed by atoms with Gasteiger partial charge < -0.3 is 11.1 Å². The van der Waals surface area contributed by atoms with E-state index in [1.54, 1.807) is 24.3 Å². The third-order valence-corrected chi connectivity index (χ3v) is 4.84. The van der Waals surface area contributed by atoms with Gasteiger partial charge in [-0.15, -0.1) is 0 Å². The van der Waals surface area contributed by atoms with Gasteiger partial charge in [0.25, 0.3) is 0 Å². The molecule has 0 unspecified atom stereocenters. The van der Waals surface area contributed by atoms with E-state index in [9.17, 15) is 24.1 Å². The molecule has 0 aliphatic heterocycles. The van der Waals surface area contributed by atoms with E-state index in [0.717, 1.165) is 23.3 Å². The fraction of sp³-hybridized carbons (Fsp3) is 0.130. The number of amides is 2. The lowest BCUT2D eigenvalue weighted by atomic mass is 9.90. The second-order valence-electron chi connectivity index (χ2n) is 6.96. The normalized spacial score (nSPS) is 11.7. The van der Waals surface area contributed by atoms with Gasteiger partial charge in [-0.05, 0) is 22.8 Å². The summed E-state index contributed by atoms with van der Waals surface area (Å²) in [6, 6.07) is 20.3. The highest BCUT2D eigenvalue weighted by Crippen LogP contribution is 2.25. The predicted octanol–water partition coefficient (Wildman–Crippen LogP) is 3.08. The minimum Gasteiger partial charge on any atom is -0.368 e. The number of nitro benzene ring substituents is 1. The van der Waals surface area contributed by atoms with Crippen molar-refractivity contribution >= 4 is 17.5 Å². The molecular weight excluding hydrogens is 401 g/mol. The van der Waals surface area contributed by atoms with E-state index < -0.39 is 40.2 Å². The van der Waals surface area contributed by atoms with Gasteiger partial charge in [-0.25, -0.2) is 0 Å². The summed E-state index contributed by atoms with van der Waals surface area (Å²) in [5.74, 6) is -2.92. The number of nitro groups is 1. The van der Waals surface area contributed by atoms with Crippen LogP contribution >= 0.6 is 0 Å². The smallest absolute Gasteiger partial charge is 0.305 e. The van der Waals surface area contributed by atoms with Crippen molar-refractivity contribution in [3.63, 3.8) is 0 Å². The molecule has 0 fully saturated rings. The maximum absolute atomic E-state index is 13.6. The topological polar surface area (TPSA) is 115 Å². The summed E-state index contributed by atoms with van der Waals surface area (Å²) in [4.78, 5) is 35.3. The molecule has 0 aliphatic carbocycles. The summed E-state index contributed by atoms with van der Waals surface area (Å²) in [6.45, 7) is 0. The van der Waals surface area contributed by atoms with E-state index in [4.69, 9.17) is 5.73 Å². The molecule has 2 amide bonds. The molecular formula is C23H20FN3O4. The maximum Gasteiger partial charge on any atom is 0.305 e. The van der Waals surface area contributed by atoms with E-state index in [2.05, 4.69) is 5.32 Å². The summed E-state index contributed by atoms with van der Waals surface area (Å²) in [6.07, 6.45) is -0.113. The molecule has 0 saturated carbocycles. The van der Waals surface area contributed by atoms with Gasteiger partial charge in [-0.3, -0.25) is 19.7 Å². The molecule has 0 bridgehead atoms. The first-order chi connectivity index (χ1) is 14.9. The highest BCUT2D eigenvalue weighted by atomic mass is 19.1. The molecule has 0 heterocycles. The average Bonchev–Trinajstić information content (AvgIpc) is 2.76. The molecule has 7 nitrogen and oxygen atoms in total. The molecule has 0 aliphatic rings. The van der Waals surface area contributed by atoms with Gasteiger partial charge in [-0.1, -0.05) is 66.7 Å². The van der Waals surface area contributed by atoms with Crippen LogP contribution in [-0.2, 0) is 16.0 Å². The monoisotopic (exact) mass is 421 g/mol. The number of nitrogens with two attached hydrogens (primary N) is 1. The first-order valence-electron chi connectivity index (χ1n) is 9.49. The summed E-state index contributed by atoms with van der Waals surface area (Å²) in [5.41, 5.74) is 6.52. The standard InChI is InChI=1S/C23H20FN3O4/c24-18-12-11-15(14-20(18)27(30)31)13-19(22(25)28)26-23(29)21(16-7-3-1-4-8-16)17-9-5-2-6-10-17/h1-12,14,19,21H,13H2,(H2,25,28)(H,26,29)/t19-/m0/s1. The molecule has 0 saturated heterocycles. The van der Waals surface area contributed by atoms with Gasteiger partial charge in [-0.2, -0.15) is 4.39 Å². The van der Waals surface area contributed by atoms with E-state index >= 15 is 0 Å². The average molecular weight is 421 g/mol. The Labute approximate surface area is 177 Å². The number of halogens is 1. The van der Waals surface area contributed by atoms with Crippen LogP contribution in [0.3, 0.4) is 0 Å². The van der Waals surface area contributed by atoms with Crippen LogP contribution < -0.4 is 11.1 Å². The van der Waals surface area contributed by atoms with Crippen LogP contribution in [0.4, 0.5) is 10.1 Å². The molecule has 8 heteroatoms. The SMILES string of the molecule is NC(=O)[C@H](Cc1ccc(F)c([N+](=O)[O-])c1)NC(=O)C(c1ccccc1)c1ccccc1. The maximum atomic E-state index is 13.6. The second-order valence-corrected chi connectivity index (χ2v) is 6.96. The Kier molecular flexibility index (Phi) is 6.71. The van der Waals surface area contributed by atoms with Crippen molar-refractivity contribution in [1.82, 2.24) is 5.32 Å². The van der Waals surface area contributed by atoms with Crippen LogP contribution in [0.25, 0.3) is 0 Å². The van der Waals surface area contributed by atoms with E-state index in [0.29, 0.717) is 5.56 Å². The van der Waals surface area contributed by atoms with Gasteiger partial charge in [0.15, 0.2) is 0 Å². The van der Waals surface area contributed by atoms with Crippen molar-refractivity contribution in [3.8, 4) is 0 Å². The Morgan fingerprint density at radius 1 is 0.968 bits per heavy atom. The molecule has 3 rings (SSSR count). The number of nitrogens with one attached hydrogen (secondary N) is 1. The summed E-state index contributed by atoms with van der Waals surface area (Å²) >= 11 is 0. The number of carbonyl (C=O) groups excluding carboxylic acids is 2. The van der Waals surface area contributed by atoms with Gasteiger partial charge in [0.1, 0.15) is 6.04 Å². The third-order valence-electron chi connectivity index (χ3n) is 4.84. The van der Waals surface area contributed by atoms with Crippen molar-refractivity contribution in [1.29, 1.82) is 0 Å². The highest BCUT2D eigenvalue weighted by molar-refractivity contribution is 5.92. The number of carbonyl (C=O) groups is 2. The predicted molar refractivity (Wildman–Crippen MR) is 113 cm³/mol. The lowest BCUT2D eigenvalue weighted by molar-refractivity contribution is -0.387. The number of hydrogen-bond donors (Lipinski definition) is 2. The number of hydrogen-bond acceptors (Lipinski definition) is 4. The Balaban J connectivity index is 1.87. The summed E-state index contributed by atoms with van der Waals surface area (Å²) in [7, 11) is 0. The molecule has 3 N–H and O–H groups in total. The number of nitrogens with zero attached hydrogens (tertiary/aromatic N) is 1. The van der Waals surface area contributed by atoms with E-state index in [1.165, 1.54) is 6.07 Å². The van der Waals surface area contributed by atoms with E-state index in [-0.39, 0.29) is 6.42 Å². The zero-order valence-electron chi connectivity index (χ0n) is 16.4. The van der Waals surface area contributed by atoms with Gasteiger partial charge in [0.2, 0.25) is 17.6 Å². The van der Waals surface area contributed by atoms with E-state index in [1.807, 2.05) is 36.4 Å². The zero-order chi connectivity index (χ0) is 22.4. The Morgan fingerprint density at radius 2 is 1.52 bits per heavy atom. The first kappa shape index (κ1) is 21.6. The van der Waals surface area contributed by atoms with Crippen LogP contribution in [0.15, 0.2) is 78.9 Å². The summed E-state index contributed by atoms with van der Waals surface area (Å²) in [5, 5.41) is 13.6. The Bertz CT molecular complexity index is 1050. The molecule has 0 aromatic heterocycles. The molecule has 0 radical (unpaired) electrons. The first-order valence-corrected chi connectivity index (χ1v) is 9.49. The van der Waals surface area contributed by atoms with Crippen LogP contribution in [0, 0.1) is 15.9 Å². The molecule has 3 aromatic rings. The van der Waals surface area contributed by atoms with Crippen LogP contribution in [0.5, 0.6) is 0 Å². The van der Waals surface area contributed by atoms with Crippen molar-refractivity contribution in [3.05, 3.63) is 111 Å². The molecule has 158 valence electrons. The fourth-order valence-corrected chi connectivity index (χ4v) is 3.32.